The molecule has 31 heavy (non-hydrogen) atoms. The fourth-order valence-electron chi connectivity index (χ4n) is 3.78. The van der Waals surface area contributed by atoms with Gasteiger partial charge in [-0.05, 0) is 18.6 Å². The molecular formula is C25H37O5P. The summed E-state index contributed by atoms with van der Waals surface area (Å²) < 4.78 is 23.2. The number of para-hydroxylation sites is 2. The van der Waals surface area contributed by atoms with Crippen LogP contribution in [0.25, 0.3) is 0 Å². The Hall–Kier alpha value is -1.81. The molecule has 0 saturated carbocycles. The van der Waals surface area contributed by atoms with Crippen molar-refractivity contribution in [3.63, 3.8) is 0 Å². The Labute approximate surface area is 187 Å². The highest BCUT2D eigenvalue weighted by Crippen LogP contribution is 2.48. The van der Waals surface area contributed by atoms with E-state index in [9.17, 15) is 14.6 Å². The van der Waals surface area contributed by atoms with Gasteiger partial charge in [0.25, 0.3) is 0 Å². The summed E-state index contributed by atoms with van der Waals surface area (Å²) in [7, 11) is -4.25. The van der Waals surface area contributed by atoms with Crippen LogP contribution in [0.15, 0.2) is 48.5 Å². The summed E-state index contributed by atoms with van der Waals surface area (Å²) in [6.45, 7) is 6.27. The Morgan fingerprint density at radius 1 is 0.839 bits per heavy atom. The molecule has 1 atom stereocenters. The number of benzene rings is 2. The van der Waals surface area contributed by atoms with Crippen LogP contribution in [0.3, 0.4) is 0 Å². The largest absolute Gasteiger partial charge is 0.527 e. The molecule has 2 aromatic carbocycles. The molecule has 1 unspecified atom stereocenters. The second-order valence-electron chi connectivity index (χ2n) is 8.51. The lowest BCUT2D eigenvalue weighted by molar-refractivity contribution is 0.198. The van der Waals surface area contributed by atoms with Crippen molar-refractivity contribution in [3.8, 4) is 11.5 Å². The van der Waals surface area contributed by atoms with Gasteiger partial charge in [-0.15, -0.1) is 0 Å². The lowest BCUT2D eigenvalue weighted by atomic mass is 9.77. The van der Waals surface area contributed by atoms with Gasteiger partial charge < -0.3 is 9.63 Å². The summed E-state index contributed by atoms with van der Waals surface area (Å²) >= 11 is 0. The maximum atomic E-state index is 12.5. The van der Waals surface area contributed by atoms with Crippen LogP contribution >= 0.6 is 7.82 Å². The minimum absolute atomic E-state index is 0.167. The van der Waals surface area contributed by atoms with Gasteiger partial charge in [-0.1, -0.05) is 102 Å². The average Bonchev–Trinajstić information content (AvgIpc) is 2.72. The molecule has 0 aliphatic carbocycles. The van der Waals surface area contributed by atoms with Crippen LogP contribution in [-0.4, -0.2) is 16.6 Å². The minimum atomic E-state index is -4.25. The molecule has 0 spiro atoms. The van der Waals surface area contributed by atoms with Gasteiger partial charge in [0.1, 0.15) is 11.5 Å². The molecule has 6 heteroatoms. The predicted octanol–water partition coefficient (Wildman–Crippen LogP) is 7.35. The van der Waals surface area contributed by atoms with Crippen LogP contribution in [0.4, 0.5) is 0 Å². The van der Waals surface area contributed by atoms with Crippen molar-refractivity contribution in [1.82, 2.24) is 0 Å². The summed E-state index contributed by atoms with van der Waals surface area (Å²) in [6.07, 6.45) is 9.07. The van der Waals surface area contributed by atoms with Crippen LogP contribution in [0.5, 0.6) is 11.5 Å². The van der Waals surface area contributed by atoms with Crippen molar-refractivity contribution in [1.29, 1.82) is 0 Å². The third kappa shape index (κ3) is 7.99. The number of hydrogen-bond donors (Lipinski definition) is 2. The first kappa shape index (κ1) is 25.5. The fourth-order valence-corrected chi connectivity index (χ4v) is 4.60. The Morgan fingerprint density at radius 3 is 2.03 bits per heavy atom. The smallest absolute Gasteiger partial charge is 0.508 e. The summed E-state index contributed by atoms with van der Waals surface area (Å²) in [4.78, 5) is 10.2. The first-order valence-corrected chi connectivity index (χ1v) is 12.8. The summed E-state index contributed by atoms with van der Waals surface area (Å²) in [6, 6.07) is 14.2. The Balaban J connectivity index is 1.94. The molecule has 2 rings (SSSR count). The molecule has 0 bridgehead atoms. The lowest BCUT2D eigenvalue weighted by Crippen LogP contribution is -2.20. The highest BCUT2D eigenvalue weighted by molar-refractivity contribution is 7.47. The molecule has 0 amide bonds. The SMILES string of the molecule is CCCCCCCCCCOP(=O)(O)Oc1ccccc1C(C)(C)c1ccccc1O. The zero-order valence-electron chi connectivity index (χ0n) is 19.0. The molecule has 2 N–H and O–H groups in total. The second-order valence-corrected chi connectivity index (χ2v) is 9.88. The molecule has 0 aliphatic rings. The van der Waals surface area contributed by atoms with E-state index in [-0.39, 0.29) is 18.1 Å². The zero-order valence-corrected chi connectivity index (χ0v) is 19.9. The van der Waals surface area contributed by atoms with E-state index in [0.717, 1.165) is 19.3 Å². The maximum Gasteiger partial charge on any atom is 0.527 e. The summed E-state index contributed by atoms with van der Waals surface area (Å²) in [5.74, 6) is 0.443. The van der Waals surface area contributed by atoms with Gasteiger partial charge in [-0.25, -0.2) is 4.57 Å². The average molecular weight is 449 g/mol. The molecule has 172 valence electrons. The highest BCUT2D eigenvalue weighted by atomic mass is 31.2. The number of phosphoric acid groups is 1. The standard InChI is InChI=1S/C25H37O5P/c1-4-5-6-7-8-9-10-15-20-29-31(27,28)30-24-19-14-12-17-22(24)25(2,3)21-16-11-13-18-23(21)26/h11-14,16-19,26H,4-10,15,20H2,1-3H3,(H,27,28). The first-order chi connectivity index (χ1) is 14.8. The molecule has 0 radical (unpaired) electrons. The van der Waals surface area contributed by atoms with Crippen molar-refractivity contribution >= 4 is 7.82 Å². The third-order valence-corrected chi connectivity index (χ3v) is 6.54. The van der Waals surface area contributed by atoms with Gasteiger partial charge in [-0.2, -0.15) is 0 Å². The molecule has 0 aliphatic heterocycles. The number of hydrogen-bond acceptors (Lipinski definition) is 4. The van der Waals surface area contributed by atoms with Gasteiger partial charge in [0.05, 0.1) is 6.61 Å². The zero-order chi connectivity index (χ0) is 22.7. The van der Waals surface area contributed by atoms with E-state index in [1.54, 1.807) is 24.3 Å². The molecule has 0 saturated heterocycles. The van der Waals surface area contributed by atoms with E-state index in [4.69, 9.17) is 9.05 Å². The van der Waals surface area contributed by atoms with Crippen molar-refractivity contribution in [2.24, 2.45) is 0 Å². The summed E-state index contributed by atoms with van der Waals surface area (Å²) in [5, 5.41) is 10.3. The van der Waals surface area contributed by atoms with E-state index >= 15 is 0 Å². The number of unbranched alkanes of at least 4 members (excludes halogenated alkanes) is 7. The number of phenolic OH excluding ortho intramolecular Hbond substituents is 1. The predicted molar refractivity (Wildman–Crippen MR) is 126 cm³/mol. The Morgan fingerprint density at radius 2 is 1.39 bits per heavy atom. The van der Waals surface area contributed by atoms with Crippen LogP contribution in [-0.2, 0) is 14.5 Å². The van der Waals surface area contributed by atoms with Gasteiger partial charge in [-0.3, -0.25) is 9.42 Å². The van der Waals surface area contributed by atoms with Crippen molar-refractivity contribution in [3.05, 3.63) is 59.7 Å². The second kappa shape index (κ2) is 12.3. The first-order valence-electron chi connectivity index (χ1n) is 11.3. The molecule has 0 aromatic heterocycles. The van der Waals surface area contributed by atoms with Crippen LogP contribution in [0.2, 0.25) is 0 Å². The molecule has 5 nitrogen and oxygen atoms in total. The van der Waals surface area contributed by atoms with Crippen molar-refractivity contribution < 1.29 is 23.6 Å². The molecule has 0 heterocycles. The summed E-state index contributed by atoms with van der Waals surface area (Å²) in [5.41, 5.74) is 0.764. The van der Waals surface area contributed by atoms with Crippen molar-refractivity contribution in [2.75, 3.05) is 6.61 Å². The van der Waals surface area contributed by atoms with E-state index in [1.807, 2.05) is 38.1 Å². The number of phenols is 1. The van der Waals surface area contributed by atoms with Crippen LogP contribution in [0.1, 0.15) is 83.3 Å². The highest BCUT2D eigenvalue weighted by Gasteiger charge is 2.32. The van der Waals surface area contributed by atoms with Crippen LogP contribution in [0, 0.1) is 0 Å². The molecular weight excluding hydrogens is 411 g/mol. The number of aromatic hydroxyl groups is 1. The maximum absolute atomic E-state index is 12.5. The van der Waals surface area contributed by atoms with E-state index < -0.39 is 13.2 Å². The lowest BCUT2D eigenvalue weighted by Gasteiger charge is -2.29. The molecule has 0 fully saturated rings. The fraction of sp³-hybridized carbons (Fsp3) is 0.520. The number of rotatable bonds is 14. The Bertz CT molecular complexity index is 849. The van der Waals surface area contributed by atoms with Crippen molar-refractivity contribution in [2.45, 2.75) is 77.6 Å². The van der Waals surface area contributed by atoms with E-state index in [2.05, 4.69) is 6.92 Å². The van der Waals surface area contributed by atoms with Gasteiger partial charge in [0, 0.05) is 16.5 Å². The van der Waals surface area contributed by atoms with Crippen LogP contribution < -0.4 is 4.52 Å². The quantitative estimate of drug-likeness (QED) is 0.233. The topological polar surface area (TPSA) is 76.0 Å². The Kier molecular flexibility index (Phi) is 10.1. The third-order valence-electron chi connectivity index (χ3n) is 5.60. The van der Waals surface area contributed by atoms with Gasteiger partial charge in [0.2, 0.25) is 0 Å². The normalized spacial score (nSPS) is 13.7. The van der Waals surface area contributed by atoms with E-state index in [1.165, 1.54) is 32.1 Å². The minimum Gasteiger partial charge on any atom is -0.508 e. The van der Waals surface area contributed by atoms with E-state index in [0.29, 0.717) is 11.1 Å². The van der Waals surface area contributed by atoms with Gasteiger partial charge in [0.15, 0.2) is 0 Å². The molecule has 2 aromatic rings. The monoisotopic (exact) mass is 448 g/mol. The number of phosphoric ester groups is 1. The van der Waals surface area contributed by atoms with Gasteiger partial charge >= 0.3 is 7.82 Å².